The van der Waals surface area contributed by atoms with Crippen LogP contribution in [0.3, 0.4) is 0 Å². The lowest BCUT2D eigenvalue weighted by Crippen LogP contribution is -2.12. The molecule has 0 saturated heterocycles. The van der Waals surface area contributed by atoms with Crippen LogP contribution in [-0.4, -0.2) is 15.8 Å². The second-order valence-corrected chi connectivity index (χ2v) is 4.74. The summed E-state index contributed by atoms with van der Waals surface area (Å²) in [5.41, 5.74) is 6.90. The lowest BCUT2D eigenvalue weighted by atomic mass is 10.1. The molecule has 0 fully saturated rings. The number of pyridine rings is 1. The van der Waals surface area contributed by atoms with Gasteiger partial charge >= 0.3 is 5.88 Å². The van der Waals surface area contributed by atoms with E-state index in [-0.39, 0.29) is 5.88 Å². The number of hydrogen-bond acceptors (Lipinski definition) is 5. The van der Waals surface area contributed by atoms with Crippen molar-refractivity contribution in [2.75, 3.05) is 0 Å². The van der Waals surface area contributed by atoms with Gasteiger partial charge in [0.25, 0.3) is 0 Å². The maximum atomic E-state index is 11.6. The third-order valence-corrected chi connectivity index (χ3v) is 3.21. The van der Waals surface area contributed by atoms with Crippen molar-refractivity contribution in [2.45, 2.75) is 0 Å². The Kier molecular flexibility index (Phi) is 3.60. The zero-order chi connectivity index (χ0) is 16.4. The van der Waals surface area contributed by atoms with Crippen LogP contribution in [0.2, 0.25) is 0 Å². The van der Waals surface area contributed by atoms with Gasteiger partial charge in [0.15, 0.2) is 0 Å². The molecular formula is C16H11N3O4. The standard InChI is InChI=1S/C16H11N3O4/c17-16(20)13-9-10(18-14-4-2-1-3-12(13)14)5-6-11-7-8-15(23-11)19(21)22/h1-9H,(H2,17,20). The van der Waals surface area contributed by atoms with Crippen LogP contribution in [-0.2, 0) is 0 Å². The van der Waals surface area contributed by atoms with Crippen molar-refractivity contribution in [1.82, 2.24) is 4.98 Å². The van der Waals surface area contributed by atoms with Crippen molar-refractivity contribution in [2.24, 2.45) is 5.73 Å². The third-order valence-electron chi connectivity index (χ3n) is 3.21. The maximum Gasteiger partial charge on any atom is 0.433 e. The Morgan fingerprint density at radius 3 is 2.70 bits per heavy atom. The highest BCUT2D eigenvalue weighted by Crippen LogP contribution is 2.21. The van der Waals surface area contributed by atoms with Gasteiger partial charge in [0.1, 0.15) is 10.7 Å². The van der Waals surface area contributed by atoms with E-state index in [1.54, 1.807) is 30.3 Å². The molecule has 0 atom stereocenters. The number of para-hydroxylation sites is 1. The van der Waals surface area contributed by atoms with Gasteiger partial charge in [-0.25, -0.2) is 4.98 Å². The quantitative estimate of drug-likeness (QED) is 0.588. The average molecular weight is 309 g/mol. The topological polar surface area (TPSA) is 112 Å². The molecule has 0 unspecified atom stereocenters. The molecule has 114 valence electrons. The van der Waals surface area contributed by atoms with Crippen LogP contribution in [0.15, 0.2) is 46.9 Å². The number of carbonyl (C=O) groups excluding carboxylic acids is 1. The van der Waals surface area contributed by atoms with E-state index >= 15 is 0 Å². The average Bonchev–Trinajstić information content (AvgIpc) is 3.01. The zero-order valence-electron chi connectivity index (χ0n) is 11.8. The van der Waals surface area contributed by atoms with E-state index in [4.69, 9.17) is 10.2 Å². The molecule has 7 nitrogen and oxygen atoms in total. The first-order valence-corrected chi connectivity index (χ1v) is 6.66. The minimum atomic E-state index is -0.614. The predicted molar refractivity (Wildman–Crippen MR) is 84.6 cm³/mol. The fourth-order valence-electron chi connectivity index (χ4n) is 2.18. The summed E-state index contributed by atoms with van der Waals surface area (Å²) >= 11 is 0. The SMILES string of the molecule is NC(=O)c1cc(C=Cc2ccc([N+](=O)[O-])o2)nc2ccccc12. The first-order chi connectivity index (χ1) is 11.0. The van der Waals surface area contributed by atoms with Gasteiger partial charge in [-0.1, -0.05) is 18.2 Å². The van der Waals surface area contributed by atoms with Gasteiger partial charge in [0, 0.05) is 5.39 Å². The van der Waals surface area contributed by atoms with E-state index in [2.05, 4.69) is 4.98 Å². The smallest absolute Gasteiger partial charge is 0.401 e. The highest BCUT2D eigenvalue weighted by molar-refractivity contribution is 6.05. The number of primary amides is 1. The number of amides is 1. The summed E-state index contributed by atoms with van der Waals surface area (Å²) in [6, 6.07) is 11.5. The zero-order valence-corrected chi connectivity index (χ0v) is 11.8. The van der Waals surface area contributed by atoms with E-state index in [0.29, 0.717) is 27.9 Å². The molecule has 1 aromatic carbocycles. The van der Waals surface area contributed by atoms with Crippen LogP contribution in [0, 0.1) is 10.1 Å². The molecule has 0 aliphatic rings. The molecule has 3 aromatic rings. The van der Waals surface area contributed by atoms with Gasteiger partial charge in [0.05, 0.1) is 22.8 Å². The summed E-state index contributed by atoms with van der Waals surface area (Å²) in [6.07, 6.45) is 3.14. The number of nitrogens with two attached hydrogens (primary N) is 1. The highest BCUT2D eigenvalue weighted by Gasteiger charge is 2.11. The monoisotopic (exact) mass is 309 g/mol. The van der Waals surface area contributed by atoms with Gasteiger partial charge in [-0.3, -0.25) is 14.9 Å². The largest absolute Gasteiger partial charge is 0.433 e. The molecule has 0 aliphatic carbocycles. The lowest BCUT2D eigenvalue weighted by molar-refractivity contribution is -0.402. The number of fused-ring (bicyclic) bond motifs is 1. The van der Waals surface area contributed by atoms with Crippen LogP contribution in [0.25, 0.3) is 23.1 Å². The summed E-state index contributed by atoms with van der Waals surface area (Å²) in [4.78, 5) is 26.0. The molecule has 0 saturated carbocycles. The molecule has 0 radical (unpaired) electrons. The predicted octanol–water partition coefficient (Wildman–Crippen LogP) is 3.01. The number of rotatable bonds is 4. The van der Waals surface area contributed by atoms with Crippen molar-refractivity contribution < 1.29 is 14.1 Å². The van der Waals surface area contributed by atoms with Crippen molar-refractivity contribution in [1.29, 1.82) is 0 Å². The summed E-state index contributed by atoms with van der Waals surface area (Å²) in [5, 5.41) is 11.3. The van der Waals surface area contributed by atoms with E-state index < -0.39 is 10.8 Å². The number of hydrogen-bond donors (Lipinski definition) is 1. The van der Waals surface area contributed by atoms with Crippen LogP contribution >= 0.6 is 0 Å². The summed E-state index contributed by atoms with van der Waals surface area (Å²) in [7, 11) is 0. The Labute approximate surface area is 130 Å². The minimum absolute atomic E-state index is 0.312. The maximum absolute atomic E-state index is 11.6. The summed E-state index contributed by atoms with van der Waals surface area (Å²) < 4.78 is 5.03. The van der Waals surface area contributed by atoms with E-state index in [0.717, 1.165) is 0 Å². The van der Waals surface area contributed by atoms with Gasteiger partial charge in [-0.15, -0.1) is 0 Å². The van der Waals surface area contributed by atoms with Crippen molar-refractivity contribution in [3.63, 3.8) is 0 Å². The number of benzene rings is 1. The highest BCUT2D eigenvalue weighted by atomic mass is 16.6. The van der Waals surface area contributed by atoms with Crippen molar-refractivity contribution >= 4 is 34.8 Å². The molecule has 0 bridgehead atoms. The van der Waals surface area contributed by atoms with Crippen LogP contribution in [0.5, 0.6) is 0 Å². The fourth-order valence-corrected chi connectivity index (χ4v) is 2.18. The molecule has 23 heavy (non-hydrogen) atoms. The Hall–Kier alpha value is -3.48. The summed E-state index contributed by atoms with van der Waals surface area (Å²) in [6.45, 7) is 0. The number of nitrogens with zero attached hydrogens (tertiary/aromatic N) is 2. The van der Waals surface area contributed by atoms with E-state index in [1.807, 2.05) is 6.07 Å². The lowest BCUT2D eigenvalue weighted by Gasteiger charge is -2.04. The molecule has 0 spiro atoms. The normalized spacial score (nSPS) is 11.1. The van der Waals surface area contributed by atoms with Crippen LogP contribution in [0.1, 0.15) is 21.8 Å². The number of furan rings is 1. The van der Waals surface area contributed by atoms with Crippen LogP contribution in [0.4, 0.5) is 5.88 Å². The Morgan fingerprint density at radius 2 is 2.00 bits per heavy atom. The molecular weight excluding hydrogens is 298 g/mol. The van der Waals surface area contributed by atoms with Crippen molar-refractivity contribution in [3.05, 3.63) is 69.6 Å². The molecule has 2 N–H and O–H groups in total. The van der Waals surface area contributed by atoms with Gasteiger partial charge in [-0.05, 0) is 30.4 Å². The molecule has 2 aromatic heterocycles. The Morgan fingerprint density at radius 1 is 1.22 bits per heavy atom. The Bertz CT molecular complexity index is 943. The summed E-state index contributed by atoms with van der Waals surface area (Å²) in [5.74, 6) is -0.576. The first kappa shape index (κ1) is 14.5. The fraction of sp³-hybridized carbons (Fsp3) is 0. The third kappa shape index (κ3) is 2.93. The minimum Gasteiger partial charge on any atom is -0.401 e. The van der Waals surface area contributed by atoms with Gasteiger partial charge in [-0.2, -0.15) is 0 Å². The van der Waals surface area contributed by atoms with Gasteiger partial charge in [0.2, 0.25) is 5.91 Å². The number of carbonyl (C=O) groups is 1. The molecule has 1 amide bonds. The molecule has 0 aliphatic heterocycles. The van der Waals surface area contributed by atoms with Crippen LogP contribution < -0.4 is 5.73 Å². The number of aromatic nitrogens is 1. The van der Waals surface area contributed by atoms with Gasteiger partial charge < -0.3 is 10.2 Å². The second kappa shape index (κ2) is 5.72. The molecule has 2 heterocycles. The molecule has 7 heteroatoms. The Balaban J connectivity index is 2.00. The first-order valence-electron chi connectivity index (χ1n) is 6.66. The second-order valence-electron chi connectivity index (χ2n) is 4.74. The van der Waals surface area contributed by atoms with E-state index in [1.165, 1.54) is 18.2 Å². The van der Waals surface area contributed by atoms with Crippen molar-refractivity contribution in [3.8, 4) is 0 Å². The number of nitro groups is 1. The molecule has 3 rings (SSSR count). The van der Waals surface area contributed by atoms with E-state index in [9.17, 15) is 14.9 Å².